The van der Waals surface area contributed by atoms with Crippen LogP contribution in [-0.2, 0) is 16.1 Å². The predicted molar refractivity (Wildman–Crippen MR) is 90.4 cm³/mol. The lowest BCUT2D eigenvalue weighted by Gasteiger charge is -2.35. The molecule has 0 bridgehead atoms. The number of piperidine rings is 1. The van der Waals surface area contributed by atoms with Crippen LogP contribution < -0.4 is 15.4 Å². The van der Waals surface area contributed by atoms with Gasteiger partial charge in [0.1, 0.15) is 12.4 Å². The highest BCUT2D eigenvalue weighted by Gasteiger charge is 2.39. The highest BCUT2D eigenvalue weighted by Crippen LogP contribution is 2.29. The van der Waals surface area contributed by atoms with E-state index in [0.29, 0.717) is 19.8 Å². The largest absolute Gasteiger partial charge is 0.489 e. The monoisotopic (exact) mass is 318 g/mol. The highest BCUT2D eigenvalue weighted by molar-refractivity contribution is 5.83. The fraction of sp³-hybridized carbons (Fsp3) is 0.500. The van der Waals surface area contributed by atoms with Gasteiger partial charge in [-0.2, -0.15) is 0 Å². The SMILES string of the molecule is C=CCOc1ccccc1CNC(=O)C1(COC)CCNCC1. The van der Waals surface area contributed by atoms with Crippen molar-refractivity contribution in [1.29, 1.82) is 0 Å². The van der Waals surface area contributed by atoms with Gasteiger partial charge in [0.15, 0.2) is 0 Å². The van der Waals surface area contributed by atoms with Gasteiger partial charge in [0.25, 0.3) is 0 Å². The molecule has 1 aromatic rings. The van der Waals surface area contributed by atoms with E-state index in [4.69, 9.17) is 9.47 Å². The quantitative estimate of drug-likeness (QED) is 0.719. The van der Waals surface area contributed by atoms with Gasteiger partial charge in [-0.25, -0.2) is 0 Å². The first kappa shape index (κ1) is 17.5. The lowest BCUT2D eigenvalue weighted by atomic mass is 9.78. The van der Waals surface area contributed by atoms with Gasteiger partial charge >= 0.3 is 0 Å². The molecular formula is C18H26N2O3. The van der Waals surface area contributed by atoms with Crippen LogP contribution in [0.15, 0.2) is 36.9 Å². The van der Waals surface area contributed by atoms with Crippen molar-refractivity contribution in [1.82, 2.24) is 10.6 Å². The van der Waals surface area contributed by atoms with Crippen LogP contribution in [-0.4, -0.2) is 39.3 Å². The molecule has 5 nitrogen and oxygen atoms in total. The third-order valence-electron chi connectivity index (χ3n) is 4.23. The number of carbonyl (C=O) groups excluding carboxylic acids is 1. The van der Waals surface area contributed by atoms with Crippen LogP contribution in [0.25, 0.3) is 0 Å². The molecule has 1 fully saturated rings. The summed E-state index contributed by atoms with van der Waals surface area (Å²) in [6.07, 6.45) is 3.29. The Hall–Kier alpha value is -1.85. The zero-order chi connectivity index (χ0) is 16.5. The molecule has 2 N–H and O–H groups in total. The summed E-state index contributed by atoms with van der Waals surface area (Å²) in [7, 11) is 1.65. The molecule has 1 amide bonds. The zero-order valence-electron chi connectivity index (χ0n) is 13.8. The van der Waals surface area contributed by atoms with Gasteiger partial charge in [0, 0.05) is 19.2 Å². The average molecular weight is 318 g/mol. The van der Waals surface area contributed by atoms with E-state index in [1.165, 1.54) is 0 Å². The Morgan fingerprint density at radius 1 is 1.39 bits per heavy atom. The Morgan fingerprint density at radius 2 is 2.13 bits per heavy atom. The first-order valence-corrected chi connectivity index (χ1v) is 8.01. The number of nitrogens with one attached hydrogen (secondary N) is 2. The van der Waals surface area contributed by atoms with Crippen LogP contribution in [0, 0.1) is 5.41 Å². The molecule has 1 aliphatic rings. The summed E-state index contributed by atoms with van der Waals surface area (Å²) >= 11 is 0. The van der Waals surface area contributed by atoms with Crippen molar-refractivity contribution in [2.75, 3.05) is 33.4 Å². The maximum atomic E-state index is 12.7. The fourth-order valence-corrected chi connectivity index (χ4v) is 2.92. The number of methoxy groups -OCH3 is 1. The molecule has 0 aliphatic carbocycles. The third kappa shape index (κ3) is 4.56. The second-order valence-electron chi connectivity index (χ2n) is 5.85. The Bertz CT molecular complexity index is 519. The molecule has 0 radical (unpaired) electrons. The van der Waals surface area contributed by atoms with E-state index >= 15 is 0 Å². The van der Waals surface area contributed by atoms with Crippen LogP contribution >= 0.6 is 0 Å². The predicted octanol–water partition coefficient (Wildman–Crippen LogP) is 1.88. The molecule has 0 spiro atoms. The number of amides is 1. The van der Waals surface area contributed by atoms with Gasteiger partial charge in [0.2, 0.25) is 5.91 Å². The molecule has 0 atom stereocenters. The number of hydrogen-bond donors (Lipinski definition) is 2. The molecule has 0 saturated carbocycles. The molecule has 5 heteroatoms. The van der Waals surface area contributed by atoms with E-state index in [-0.39, 0.29) is 5.91 Å². The van der Waals surface area contributed by atoms with Gasteiger partial charge in [-0.1, -0.05) is 30.9 Å². The van der Waals surface area contributed by atoms with E-state index in [0.717, 1.165) is 37.2 Å². The second-order valence-corrected chi connectivity index (χ2v) is 5.85. The standard InChI is InChI=1S/C18H26N2O3/c1-3-12-23-16-7-5-4-6-15(16)13-20-17(21)18(14-22-2)8-10-19-11-9-18/h3-7,19H,1,8-14H2,2H3,(H,20,21). The smallest absolute Gasteiger partial charge is 0.228 e. The van der Waals surface area contributed by atoms with Crippen molar-refractivity contribution in [3.8, 4) is 5.75 Å². The first-order chi connectivity index (χ1) is 11.2. The third-order valence-corrected chi connectivity index (χ3v) is 4.23. The van der Waals surface area contributed by atoms with Gasteiger partial charge < -0.3 is 20.1 Å². The zero-order valence-corrected chi connectivity index (χ0v) is 13.8. The van der Waals surface area contributed by atoms with Crippen molar-refractivity contribution in [3.63, 3.8) is 0 Å². The summed E-state index contributed by atoms with van der Waals surface area (Å²) in [5, 5.41) is 6.35. The van der Waals surface area contributed by atoms with E-state index in [2.05, 4.69) is 17.2 Å². The minimum atomic E-state index is -0.434. The van der Waals surface area contributed by atoms with Crippen molar-refractivity contribution < 1.29 is 14.3 Å². The van der Waals surface area contributed by atoms with Gasteiger partial charge in [-0.15, -0.1) is 0 Å². The molecule has 126 valence electrons. The molecule has 23 heavy (non-hydrogen) atoms. The topological polar surface area (TPSA) is 59.6 Å². The molecule has 1 heterocycles. The van der Waals surface area contributed by atoms with E-state index in [1.807, 2.05) is 24.3 Å². The highest BCUT2D eigenvalue weighted by atomic mass is 16.5. The number of carbonyl (C=O) groups is 1. The van der Waals surface area contributed by atoms with Crippen LogP contribution in [0.5, 0.6) is 5.75 Å². The summed E-state index contributed by atoms with van der Waals surface area (Å²) < 4.78 is 10.9. The van der Waals surface area contributed by atoms with E-state index in [9.17, 15) is 4.79 Å². The van der Waals surface area contributed by atoms with Crippen LogP contribution in [0.2, 0.25) is 0 Å². The minimum absolute atomic E-state index is 0.0550. The second kappa shape index (κ2) is 8.70. The summed E-state index contributed by atoms with van der Waals surface area (Å²) in [4.78, 5) is 12.7. The number of rotatable bonds is 8. The summed E-state index contributed by atoms with van der Waals surface area (Å²) in [5.74, 6) is 0.832. The number of ether oxygens (including phenoxy) is 2. The maximum absolute atomic E-state index is 12.7. The van der Waals surface area contributed by atoms with Gasteiger partial charge in [-0.05, 0) is 32.0 Å². The summed E-state index contributed by atoms with van der Waals surface area (Å²) in [5.41, 5.74) is 0.529. The molecule has 1 saturated heterocycles. The van der Waals surface area contributed by atoms with E-state index < -0.39 is 5.41 Å². The Labute approximate surface area is 138 Å². The number of benzene rings is 1. The summed E-state index contributed by atoms with van der Waals surface area (Å²) in [6.45, 7) is 6.69. The van der Waals surface area contributed by atoms with Crippen molar-refractivity contribution in [3.05, 3.63) is 42.5 Å². The molecule has 1 aromatic carbocycles. The molecular weight excluding hydrogens is 292 g/mol. The normalized spacial score (nSPS) is 16.6. The van der Waals surface area contributed by atoms with Gasteiger partial charge in [0.05, 0.1) is 12.0 Å². The molecule has 0 aromatic heterocycles. The van der Waals surface area contributed by atoms with Crippen LogP contribution in [0.1, 0.15) is 18.4 Å². The lowest BCUT2D eigenvalue weighted by Crippen LogP contribution is -2.50. The maximum Gasteiger partial charge on any atom is 0.228 e. The van der Waals surface area contributed by atoms with Crippen molar-refractivity contribution in [2.24, 2.45) is 5.41 Å². The Morgan fingerprint density at radius 3 is 2.83 bits per heavy atom. The Balaban J connectivity index is 2.01. The fourth-order valence-electron chi connectivity index (χ4n) is 2.92. The van der Waals surface area contributed by atoms with Gasteiger partial charge in [-0.3, -0.25) is 4.79 Å². The number of hydrogen-bond acceptors (Lipinski definition) is 4. The molecule has 2 rings (SSSR count). The Kier molecular flexibility index (Phi) is 6.62. The van der Waals surface area contributed by atoms with Crippen LogP contribution in [0.4, 0.5) is 0 Å². The molecule has 1 aliphatic heterocycles. The average Bonchev–Trinajstić information content (AvgIpc) is 2.59. The van der Waals surface area contributed by atoms with Crippen LogP contribution in [0.3, 0.4) is 0 Å². The lowest BCUT2D eigenvalue weighted by molar-refractivity contribution is -0.136. The summed E-state index contributed by atoms with van der Waals surface area (Å²) in [6, 6.07) is 7.73. The number of para-hydroxylation sites is 1. The molecule has 0 unspecified atom stereocenters. The minimum Gasteiger partial charge on any atom is -0.489 e. The van der Waals surface area contributed by atoms with E-state index in [1.54, 1.807) is 13.2 Å². The van der Waals surface area contributed by atoms with Crippen molar-refractivity contribution in [2.45, 2.75) is 19.4 Å². The first-order valence-electron chi connectivity index (χ1n) is 8.01. The van der Waals surface area contributed by atoms with Crippen molar-refractivity contribution >= 4 is 5.91 Å².